The van der Waals surface area contributed by atoms with E-state index in [0.717, 1.165) is 18.4 Å². The van der Waals surface area contributed by atoms with Crippen molar-refractivity contribution in [2.75, 3.05) is 13.2 Å². The first kappa shape index (κ1) is 15.5. The molecule has 1 saturated carbocycles. The van der Waals surface area contributed by atoms with Gasteiger partial charge in [0, 0.05) is 6.54 Å². The lowest BCUT2D eigenvalue weighted by atomic mass is 9.98. The summed E-state index contributed by atoms with van der Waals surface area (Å²) >= 11 is 0. The molecule has 1 aromatic rings. The van der Waals surface area contributed by atoms with Crippen molar-refractivity contribution in [2.45, 2.75) is 44.1 Å². The maximum atomic E-state index is 12.0. The van der Waals surface area contributed by atoms with Gasteiger partial charge in [-0.3, -0.25) is 4.79 Å². The summed E-state index contributed by atoms with van der Waals surface area (Å²) in [6.07, 6.45) is 6.37. The zero-order valence-corrected chi connectivity index (χ0v) is 12.3. The molecule has 1 aliphatic carbocycles. The number of nitriles is 1. The Bertz CT molecular complexity index is 475. The van der Waals surface area contributed by atoms with Crippen molar-refractivity contribution < 1.29 is 9.53 Å². The monoisotopic (exact) mass is 286 g/mol. The summed E-state index contributed by atoms with van der Waals surface area (Å²) in [7, 11) is 0. The van der Waals surface area contributed by atoms with Crippen LogP contribution < -0.4 is 5.32 Å². The van der Waals surface area contributed by atoms with E-state index in [1.165, 1.54) is 19.3 Å². The van der Waals surface area contributed by atoms with E-state index in [-0.39, 0.29) is 5.91 Å². The summed E-state index contributed by atoms with van der Waals surface area (Å²) in [5.74, 6) is -1.00. The number of nitrogens with zero attached hydrogens (tertiary/aromatic N) is 1. The highest BCUT2D eigenvalue weighted by Crippen LogP contribution is 2.20. The first-order chi connectivity index (χ1) is 10.3. The fraction of sp³-hybridized carbons (Fsp3) is 0.529. The Hall–Kier alpha value is -1.86. The Morgan fingerprint density at radius 2 is 2.00 bits per heavy atom. The molecule has 0 aliphatic heterocycles. The summed E-state index contributed by atoms with van der Waals surface area (Å²) in [4.78, 5) is 12.0. The molecule has 1 fully saturated rings. The second-order valence-electron chi connectivity index (χ2n) is 5.39. The van der Waals surface area contributed by atoms with Gasteiger partial charge in [-0.15, -0.1) is 0 Å². The van der Waals surface area contributed by atoms with Crippen molar-refractivity contribution in [3.05, 3.63) is 35.9 Å². The van der Waals surface area contributed by atoms with E-state index in [2.05, 4.69) is 11.4 Å². The standard InChI is InChI=1S/C17H22N2O2/c18-13-16(14-7-3-1-4-8-14)17(20)19-11-12-21-15-9-5-2-6-10-15/h1,3-4,7-8,15-16H,2,5-6,9-12H2,(H,19,20). The van der Waals surface area contributed by atoms with Crippen LogP contribution in [0.4, 0.5) is 0 Å². The fourth-order valence-corrected chi connectivity index (χ4v) is 2.66. The zero-order chi connectivity index (χ0) is 14.9. The van der Waals surface area contributed by atoms with Crippen LogP contribution in [0.5, 0.6) is 0 Å². The number of hydrogen-bond acceptors (Lipinski definition) is 3. The number of ether oxygens (including phenoxy) is 1. The molecule has 1 aliphatic rings. The van der Waals surface area contributed by atoms with Crippen LogP contribution in [-0.4, -0.2) is 25.2 Å². The van der Waals surface area contributed by atoms with Gasteiger partial charge in [0.2, 0.25) is 5.91 Å². The van der Waals surface area contributed by atoms with Gasteiger partial charge in [0.05, 0.1) is 18.8 Å². The number of benzene rings is 1. The molecule has 2 rings (SSSR count). The maximum absolute atomic E-state index is 12.0. The topological polar surface area (TPSA) is 62.1 Å². The molecule has 4 heteroatoms. The highest BCUT2D eigenvalue weighted by atomic mass is 16.5. The average molecular weight is 286 g/mol. The lowest BCUT2D eigenvalue weighted by molar-refractivity contribution is -0.121. The summed E-state index contributed by atoms with van der Waals surface area (Å²) in [5.41, 5.74) is 0.727. The first-order valence-electron chi connectivity index (χ1n) is 7.65. The molecule has 21 heavy (non-hydrogen) atoms. The third kappa shape index (κ3) is 4.87. The molecule has 0 aromatic heterocycles. The number of nitrogens with one attached hydrogen (secondary N) is 1. The Morgan fingerprint density at radius 1 is 1.29 bits per heavy atom. The second-order valence-corrected chi connectivity index (χ2v) is 5.39. The van der Waals surface area contributed by atoms with Crippen LogP contribution in [0.1, 0.15) is 43.6 Å². The van der Waals surface area contributed by atoms with Crippen LogP contribution in [0.15, 0.2) is 30.3 Å². The van der Waals surface area contributed by atoms with Crippen molar-refractivity contribution in [3.8, 4) is 6.07 Å². The predicted molar refractivity (Wildman–Crippen MR) is 80.6 cm³/mol. The highest BCUT2D eigenvalue weighted by Gasteiger charge is 2.19. The van der Waals surface area contributed by atoms with E-state index < -0.39 is 5.92 Å². The van der Waals surface area contributed by atoms with E-state index in [4.69, 9.17) is 10.00 Å². The molecular formula is C17H22N2O2. The predicted octanol–water partition coefficient (Wildman–Crippen LogP) is 2.76. The normalized spacial score (nSPS) is 16.9. The van der Waals surface area contributed by atoms with Crippen LogP contribution in [0.25, 0.3) is 0 Å². The van der Waals surface area contributed by atoms with Gasteiger partial charge in [0.15, 0.2) is 0 Å². The van der Waals surface area contributed by atoms with Gasteiger partial charge in [-0.25, -0.2) is 0 Å². The van der Waals surface area contributed by atoms with E-state index in [0.29, 0.717) is 19.3 Å². The molecule has 1 amide bonds. The van der Waals surface area contributed by atoms with Crippen LogP contribution in [0.3, 0.4) is 0 Å². The van der Waals surface area contributed by atoms with Crippen molar-refractivity contribution in [1.29, 1.82) is 5.26 Å². The molecule has 0 bridgehead atoms. The van der Waals surface area contributed by atoms with Gasteiger partial charge < -0.3 is 10.1 Å². The Labute approximate surface area is 126 Å². The maximum Gasteiger partial charge on any atom is 0.241 e. The smallest absolute Gasteiger partial charge is 0.241 e. The molecule has 4 nitrogen and oxygen atoms in total. The molecule has 1 aromatic carbocycles. The quantitative estimate of drug-likeness (QED) is 0.818. The average Bonchev–Trinajstić information content (AvgIpc) is 2.54. The summed E-state index contributed by atoms with van der Waals surface area (Å²) in [6, 6.07) is 11.2. The summed E-state index contributed by atoms with van der Waals surface area (Å²) < 4.78 is 5.75. The molecule has 0 radical (unpaired) electrons. The molecule has 112 valence electrons. The van der Waals surface area contributed by atoms with Crippen LogP contribution in [0, 0.1) is 11.3 Å². The van der Waals surface area contributed by atoms with Crippen molar-refractivity contribution in [1.82, 2.24) is 5.32 Å². The zero-order valence-electron chi connectivity index (χ0n) is 12.3. The molecule has 1 N–H and O–H groups in total. The van der Waals surface area contributed by atoms with Crippen LogP contribution in [0.2, 0.25) is 0 Å². The van der Waals surface area contributed by atoms with E-state index in [1.54, 1.807) is 12.1 Å². The highest BCUT2D eigenvalue weighted by molar-refractivity contribution is 5.86. The number of carbonyl (C=O) groups excluding carboxylic acids is 1. The van der Waals surface area contributed by atoms with Crippen molar-refractivity contribution >= 4 is 5.91 Å². The fourth-order valence-electron chi connectivity index (χ4n) is 2.66. The molecule has 1 atom stereocenters. The molecule has 0 saturated heterocycles. The lowest BCUT2D eigenvalue weighted by Crippen LogP contribution is -2.32. The van der Waals surface area contributed by atoms with Gasteiger partial charge in [-0.1, -0.05) is 49.6 Å². The minimum atomic E-state index is -0.749. The van der Waals surface area contributed by atoms with Gasteiger partial charge in [-0.05, 0) is 18.4 Å². The van der Waals surface area contributed by atoms with E-state index >= 15 is 0 Å². The SMILES string of the molecule is N#CC(C(=O)NCCOC1CCCCC1)c1ccccc1. The number of amides is 1. The number of rotatable bonds is 6. The van der Waals surface area contributed by atoms with Gasteiger partial charge >= 0.3 is 0 Å². The second kappa shape index (κ2) is 8.43. The summed E-state index contributed by atoms with van der Waals surface area (Å²) in [5, 5.41) is 12.0. The third-order valence-corrected chi connectivity index (χ3v) is 3.83. The van der Waals surface area contributed by atoms with E-state index in [9.17, 15) is 4.79 Å². The van der Waals surface area contributed by atoms with Gasteiger partial charge in [0.1, 0.15) is 5.92 Å². The van der Waals surface area contributed by atoms with E-state index in [1.807, 2.05) is 18.2 Å². The number of hydrogen-bond donors (Lipinski definition) is 1. The lowest BCUT2D eigenvalue weighted by Gasteiger charge is -2.22. The Balaban J connectivity index is 1.72. The minimum Gasteiger partial charge on any atom is -0.376 e. The molecular weight excluding hydrogens is 264 g/mol. The van der Waals surface area contributed by atoms with Crippen molar-refractivity contribution in [2.24, 2.45) is 0 Å². The molecule has 0 spiro atoms. The molecule has 1 unspecified atom stereocenters. The van der Waals surface area contributed by atoms with Gasteiger partial charge in [-0.2, -0.15) is 5.26 Å². The van der Waals surface area contributed by atoms with Crippen molar-refractivity contribution in [3.63, 3.8) is 0 Å². The van der Waals surface area contributed by atoms with Gasteiger partial charge in [0.25, 0.3) is 0 Å². The minimum absolute atomic E-state index is 0.254. The summed E-state index contributed by atoms with van der Waals surface area (Å²) in [6.45, 7) is 0.976. The largest absolute Gasteiger partial charge is 0.376 e. The Kier molecular flexibility index (Phi) is 6.23. The number of carbonyl (C=O) groups is 1. The van der Waals surface area contributed by atoms with Crippen LogP contribution in [-0.2, 0) is 9.53 Å². The molecule has 0 heterocycles. The van der Waals surface area contributed by atoms with Crippen LogP contribution >= 0.6 is 0 Å². The Morgan fingerprint density at radius 3 is 2.67 bits per heavy atom. The third-order valence-electron chi connectivity index (χ3n) is 3.83. The first-order valence-corrected chi connectivity index (χ1v) is 7.65.